The van der Waals surface area contributed by atoms with Gasteiger partial charge in [-0.3, -0.25) is 9.78 Å². The summed E-state index contributed by atoms with van der Waals surface area (Å²) in [6, 6.07) is 27.4. The molecule has 5 rings (SSSR count). The fourth-order valence-electron chi connectivity index (χ4n) is 3.79. The van der Waals surface area contributed by atoms with E-state index in [0.717, 1.165) is 32.7 Å². The molecule has 30 heavy (non-hydrogen) atoms. The number of carbonyl (C=O) groups excluding carboxylic acids is 1. The van der Waals surface area contributed by atoms with Crippen LogP contribution >= 0.6 is 11.6 Å². The second kappa shape index (κ2) is 7.62. The molecule has 5 aromatic rings. The molecule has 0 aliphatic carbocycles. The van der Waals surface area contributed by atoms with E-state index in [9.17, 15) is 4.79 Å². The molecule has 0 spiro atoms. The fraction of sp³-hybridized carbons (Fsp3) is 0. The average Bonchev–Trinajstić information content (AvgIpc) is 2.78. The summed E-state index contributed by atoms with van der Waals surface area (Å²) < 4.78 is 0. The summed E-state index contributed by atoms with van der Waals surface area (Å²) in [6.07, 6.45) is 3.68. The van der Waals surface area contributed by atoms with E-state index in [4.69, 9.17) is 11.6 Å². The lowest BCUT2D eigenvalue weighted by atomic mass is 9.95. The Balaban J connectivity index is 1.56. The number of anilines is 1. The van der Waals surface area contributed by atoms with E-state index in [2.05, 4.69) is 34.6 Å². The third-order valence-corrected chi connectivity index (χ3v) is 5.43. The molecule has 0 aliphatic rings. The zero-order valence-corrected chi connectivity index (χ0v) is 16.7. The largest absolute Gasteiger partial charge is 0.322 e. The average molecular weight is 409 g/mol. The summed E-state index contributed by atoms with van der Waals surface area (Å²) in [5.41, 5.74) is 3.55. The Morgan fingerprint density at radius 2 is 1.63 bits per heavy atom. The maximum absolute atomic E-state index is 12.9. The Hall–Kier alpha value is -3.69. The van der Waals surface area contributed by atoms with Gasteiger partial charge in [-0.05, 0) is 63.7 Å². The van der Waals surface area contributed by atoms with Crippen molar-refractivity contribution < 1.29 is 4.79 Å². The van der Waals surface area contributed by atoms with Gasteiger partial charge in [-0.15, -0.1) is 0 Å². The van der Waals surface area contributed by atoms with Gasteiger partial charge in [0.1, 0.15) is 0 Å². The number of rotatable bonds is 3. The van der Waals surface area contributed by atoms with Crippen molar-refractivity contribution in [3.8, 4) is 11.1 Å². The summed E-state index contributed by atoms with van der Waals surface area (Å²) in [4.78, 5) is 17.1. The molecule has 3 nitrogen and oxygen atoms in total. The van der Waals surface area contributed by atoms with E-state index in [1.165, 1.54) is 0 Å². The van der Waals surface area contributed by atoms with Crippen LogP contribution in [-0.4, -0.2) is 10.9 Å². The quantitative estimate of drug-likeness (QED) is 0.350. The van der Waals surface area contributed by atoms with E-state index < -0.39 is 0 Å². The van der Waals surface area contributed by atoms with Gasteiger partial charge >= 0.3 is 0 Å². The highest BCUT2D eigenvalue weighted by molar-refractivity contribution is 6.31. The van der Waals surface area contributed by atoms with Crippen LogP contribution in [0.25, 0.3) is 32.7 Å². The predicted octanol–water partition coefficient (Wildman–Crippen LogP) is 6.96. The standard InChI is InChI=1S/C26H17ClN2O/c27-20-6-3-7-21(15-20)29-26(30)25-9-1-4-17-14-18(10-11-23(17)25)22-8-2-5-19-16-28-13-12-24(19)22/h1-16H,(H,29,30). The minimum Gasteiger partial charge on any atom is -0.322 e. The van der Waals surface area contributed by atoms with Gasteiger partial charge in [0.25, 0.3) is 5.91 Å². The molecular formula is C26H17ClN2O. The van der Waals surface area contributed by atoms with Crippen molar-refractivity contribution in [2.75, 3.05) is 5.32 Å². The lowest BCUT2D eigenvalue weighted by molar-refractivity contribution is 0.102. The number of halogens is 1. The Labute approximate surface area is 179 Å². The van der Waals surface area contributed by atoms with Crippen LogP contribution in [0.4, 0.5) is 5.69 Å². The van der Waals surface area contributed by atoms with Crippen molar-refractivity contribution in [2.24, 2.45) is 0 Å². The van der Waals surface area contributed by atoms with Crippen LogP contribution in [0.3, 0.4) is 0 Å². The molecule has 0 saturated carbocycles. The second-order valence-corrected chi connectivity index (χ2v) is 7.54. The number of aromatic nitrogens is 1. The third-order valence-electron chi connectivity index (χ3n) is 5.20. The highest BCUT2D eigenvalue weighted by Crippen LogP contribution is 2.31. The van der Waals surface area contributed by atoms with E-state index >= 15 is 0 Å². The lowest BCUT2D eigenvalue weighted by Crippen LogP contribution is -2.12. The Morgan fingerprint density at radius 3 is 2.53 bits per heavy atom. The molecule has 4 aromatic carbocycles. The molecule has 1 aromatic heterocycles. The topological polar surface area (TPSA) is 42.0 Å². The number of amides is 1. The summed E-state index contributed by atoms with van der Waals surface area (Å²) in [5, 5.41) is 7.69. The summed E-state index contributed by atoms with van der Waals surface area (Å²) in [7, 11) is 0. The van der Waals surface area contributed by atoms with Crippen LogP contribution in [-0.2, 0) is 0 Å². The zero-order valence-electron chi connectivity index (χ0n) is 16.0. The first-order valence-electron chi connectivity index (χ1n) is 9.62. The molecule has 0 radical (unpaired) electrons. The molecule has 0 saturated heterocycles. The number of nitrogens with one attached hydrogen (secondary N) is 1. The van der Waals surface area contributed by atoms with Crippen molar-refractivity contribution in [3.63, 3.8) is 0 Å². The van der Waals surface area contributed by atoms with Crippen LogP contribution in [0.2, 0.25) is 5.02 Å². The molecule has 1 amide bonds. The van der Waals surface area contributed by atoms with Crippen LogP contribution in [0.1, 0.15) is 10.4 Å². The van der Waals surface area contributed by atoms with Gasteiger partial charge in [0, 0.05) is 34.1 Å². The Morgan fingerprint density at radius 1 is 0.800 bits per heavy atom. The van der Waals surface area contributed by atoms with Gasteiger partial charge in [-0.1, -0.05) is 60.1 Å². The van der Waals surface area contributed by atoms with E-state index in [1.54, 1.807) is 12.1 Å². The highest BCUT2D eigenvalue weighted by Gasteiger charge is 2.12. The number of nitrogens with zero attached hydrogens (tertiary/aromatic N) is 1. The maximum atomic E-state index is 12.9. The van der Waals surface area contributed by atoms with Crippen LogP contribution < -0.4 is 5.32 Å². The van der Waals surface area contributed by atoms with Crippen LogP contribution in [0, 0.1) is 0 Å². The molecule has 0 aliphatic heterocycles. The molecule has 1 N–H and O–H groups in total. The fourth-order valence-corrected chi connectivity index (χ4v) is 3.98. The molecule has 4 heteroatoms. The van der Waals surface area contributed by atoms with Gasteiger partial charge in [0.2, 0.25) is 0 Å². The van der Waals surface area contributed by atoms with Crippen molar-refractivity contribution in [1.82, 2.24) is 4.98 Å². The minimum atomic E-state index is -0.160. The number of benzene rings is 4. The van der Waals surface area contributed by atoms with Crippen LogP contribution in [0.5, 0.6) is 0 Å². The van der Waals surface area contributed by atoms with Crippen molar-refractivity contribution in [2.45, 2.75) is 0 Å². The summed E-state index contributed by atoms with van der Waals surface area (Å²) in [5.74, 6) is -0.160. The SMILES string of the molecule is O=C(Nc1cccc(Cl)c1)c1cccc2cc(-c3cccc4cnccc34)ccc12. The van der Waals surface area contributed by atoms with Gasteiger partial charge in [0.05, 0.1) is 0 Å². The first-order valence-corrected chi connectivity index (χ1v) is 10.00. The lowest BCUT2D eigenvalue weighted by Gasteiger charge is -2.11. The van der Waals surface area contributed by atoms with Crippen molar-refractivity contribution in [3.05, 3.63) is 108 Å². The molecular weight excluding hydrogens is 392 g/mol. The number of hydrogen-bond donors (Lipinski definition) is 1. The van der Waals surface area contributed by atoms with E-state index in [1.807, 2.05) is 60.9 Å². The van der Waals surface area contributed by atoms with Crippen molar-refractivity contribution >= 4 is 44.7 Å². The molecule has 144 valence electrons. The molecule has 0 fully saturated rings. The van der Waals surface area contributed by atoms with E-state index in [-0.39, 0.29) is 5.91 Å². The molecule has 1 heterocycles. The van der Waals surface area contributed by atoms with Gasteiger partial charge < -0.3 is 5.32 Å². The third kappa shape index (κ3) is 3.40. The number of pyridine rings is 1. The van der Waals surface area contributed by atoms with Crippen LogP contribution in [0.15, 0.2) is 97.3 Å². The monoisotopic (exact) mass is 408 g/mol. The maximum Gasteiger partial charge on any atom is 0.256 e. The predicted molar refractivity (Wildman–Crippen MR) is 124 cm³/mol. The molecule has 0 unspecified atom stereocenters. The smallest absolute Gasteiger partial charge is 0.256 e. The molecule has 0 atom stereocenters. The minimum absolute atomic E-state index is 0.160. The van der Waals surface area contributed by atoms with E-state index in [0.29, 0.717) is 16.3 Å². The van der Waals surface area contributed by atoms with Crippen molar-refractivity contribution in [1.29, 1.82) is 0 Å². The summed E-state index contributed by atoms with van der Waals surface area (Å²) in [6.45, 7) is 0. The Bertz CT molecular complexity index is 1410. The summed E-state index contributed by atoms with van der Waals surface area (Å²) >= 11 is 6.03. The Kier molecular flexibility index (Phi) is 4.66. The normalized spacial score (nSPS) is 11.0. The van der Waals surface area contributed by atoms with Gasteiger partial charge in [0.15, 0.2) is 0 Å². The molecule has 0 bridgehead atoms. The number of carbonyl (C=O) groups is 1. The zero-order chi connectivity index (χ0) is 20.5. The number of hydrogen-bond acceptors (Lipinski definition) is 2. The first-order chi connectivity index (χ1) is 14.7. The first kappa shape index (κ1) is 18.3. The van der Waals surface area contributed by atoms with Gasteiger partial charge in [-0.25, -0.2) is 0 Å². The second-order valence-electron chi connectivity index (χ2n) is 7.11. The highest BCUT2D eigenvalue weighted by atomic mass is 35.5. The number of fused-ring (bicyclic) bond motifs is 2. The van der Waals surface area contributed by atoms with Gasteiger partial charge in [-0.2, -0.15) is 0 Å².